The van der Waals surface area contributed by atoms with Crippen molar-refractivity contribution < 1.29 is 14.3 Å². The van der Waals surface area contributed by atoms with E-state index in [4.69, 9.17) is 9.47 Å². The molecular weight excluding hydrogens is 318 g/mol. The van der Waals surface area contributed by atoms with E-state index in [-0.39, 0.29) is 6.03 Å². The molecule has 130 valence electrons. The van der Waals surface area contributed by atoms with E-state index >= 15 is 0 Å². The maximum absolute atomic E-state index is 12.4. The molecule has 2 aliphatic rings. The number of fused-ring (bicyclic) bond motifs is 1. The van der Waals surface area contributed by atoms with E-state index in [1.54, 1.807) is 18.1 Å². The molecule has 0 bridgehead atoms. The molecule has 1 aliphatic carbocycles. The maximum Gasteiger partial charge on any atom is 0.321 e. The zero-order valence-electron chi connectivity index (χ0n) is 14.2. The molecule has 1 spiro atoms. The molecule has 2 amide bonds. The van der Waals surface area contributed by atoms with Crippen molar-refractivity contribution in [3.8, 4) is 11.5 Å². The molecule has 2 heterocycles. The number of nitrogens with zero attached hydrogens (tertiary/aromatic N) is 2. The summed E-state index contributed by atoms with van der Waals surface area (Å²) >= 11 is 0. The molecule has 1 saturated carbocycles. The van der Waals surface area contributed by atoms with E-state index in [0.29, 0.717) is 18.0 Å². The minimum absolute atomic E-state index is 0.194. The Morgan fingerprint density at radius 3 is 2.76 bits per heavy atom. The lowest BCUT2D eigenvalue weighted by molar-refractivity contribution is -0.0716. The van der Waals surface area contributed by atoms with Gasteiger partial charge >= 0.3 is 6.03 Å². The van der Waals surface area contributed by atoms with Gasteiger partial charge in [0.2, 0.25) is 0 Å². The molecule has 0 unspecified atom stereocenters. The minimum atomic E-state index is -0.485. The Kier molecular flexibility index (Phi) is 3.95. The van der Waals surface area contributed by atoms with Crippen molar-refractivity contribution in [1.29, 1.82) is 0 Å². The Bertz CT molecular complexity index is 773. The largest absolute Gasteiger partial charge is 0.448 e. The maximum atomic E-state index is 12.4. The van der Waals surface area contributed by atoms with E-state index in [1.165, 1.54) is 0 Å². The van der Waals surface area contributed by atoms with Crippen LogP contribution < -0.4 is 14.8 Å². The summed E-state index contributed by atoms with van der Waals surface area (Å²) in [5.74, 6) is 0.967. The molecule has 1 N–H and O–H groups in total. The molecule has 1 fully saturated rings. The predicted molar refractivity (Wildman–Crippen MR) is 93.6 cm³/mol. The molecule has 6 nitrogen and oxygen atoms in total. The van der Waals surface area contributed by atoms with E-state index in [0.717, 1.165) is 37.1 Å². The van der Waals surface area contributed by atoms with Crippen molar-refractivity contribution in [2.75, 3.05) is 12.4 Å². The van der Waals surface area contributed by atoms with Crippen LogP contribution in [0.15, 0.2) is 42.6 Å². The van der Waals surface area contributed by atoms with Crippen LogP contribution in [0.4, 0.5) is 10.5 Å². The first kappa shape index (κ1) is 15.7. The summed E-state index contributed by atoms with van der Waals surface area (Å²) in [4.78, 5) is 18.2. The van der Waals surface area contributed by atoms with Crippen molar-refractivity contribution in [3.63, 3.8) is 0 Å². The van der Waals surface area contributed by atoms with E-state index < -0.39 is 5.79 Å². The van der Waals surface area contributed by atoms with Gasteiger partial charge in [-0.05, 0) is 37.1 Å². The van der Waals surface area contributed by atoms with Crippen molar-refractivity contribution in [1.82, 2.24) is 9.88 Å². The number of anilines is 1. The van der Waals surface area contributed by atoms with Gasteiger partial charge in [-0.25, -0.2) is 4.79 Å². The highest BCUT2D eigenvalue weighted by Crippen LogP contribution is 2.47. The predicted octanol–water partition coefficient (Wildman–Crippen LogP) is 3.79. The molecule has 1 aromatic carbocycles. The monoisotopic (exact) mass is 339 g/mol. The Morgan fingerprint density at radius 1 is 1.20 bits per heavy atom. The van der Waals surface area contributed by atoms with Gasteiger partial charge in [0.25, 0.3) is 5.79 Å². The highest BCUT2D eigenvalue weighted by Gasteiger charge is 2.44. The zero-order chi connectivity index (χ0) is 17.3. The minimum Gasteiger partial charge on any atom is -0.448 e. The van der Waals surface area contributed by atoms with Gasteiger partial charge in [0.05, 0.1) is 12.2 Å². The van der Waals surface area contributed by atoms with E-state index in [2.05, 4.69) is 10.3 Å². The van der Waals surface area contributed by atoms with Gasteiger partial charge in [0, 0.05) is 37.8 Å². The fraction of sp³-hybridized carbons (Fsp3) is 0.368. The first-order chi connectivity index (χ1) is 12.1. The number of aromatic nitrogens is 1. The van der Waals surface area contributed by atoms with Crippen LogP contribution in [0.2, 0.25) is 0 Å². The SMILES string of the molecule is CN(Cc1ccccn1)C(=O)Nc1ccc2c(c1)OC1(CCCC1)O2. The summed E-state index contributed by atoms with van der Waals surface area (Å²) in [6.07, 6.45) is 5.79. The second-order valence-electron chi connectivity index (χ2n) is 6.59. The van der Waals surface area contributed by atoms with Gasteiger partial charge in [0.15, 0.2) is 11.5 Å². The molecule has 1 aliphatic heterocycles. The number of benzene rings is 1. The molecular formula is C19H21N3O3. The second kappa shape index (κ2) is 6.27. The summed E-state index contributed by atoms with van der Waals surface area (Å²) in [6.45, 7) is 0.445. The first-order valence-electron chi connectivity index (χ1n) is 8.58. The summed E-state index contributed by atoms with van der Waals surface area (Å²) < 4.78 is 12.0. The quantitative estimate of drug-likeness (QED) is 0.924. The first-order valence-corrected chi connectivity index (χ1v) is 8.58. The molecule has 25 heavy (non-hydrogen) atoms. The number of urea groups is 1. The van der Waals surface area contributed by atoms with Crippen molar-refractivity contribution in [3.05, 3.63) is 48.3 Å². The molecule has 0 radical (unpaired) electrons. The van der Waals surface area contributed by atoms with Crippen LogP contribution in [0.25, 0.3) is 0 Å². The Balaban J connectivity index is 1.41. The lowest BCUT2D eigenvalue weighted by Gasteiger charge is -2.21. The third-order valence-corrected chi connectivity index (χ3v) is 4.62. The summed E-state index contributed by atoms with van der Waals surface area (Å²) in [6, 6.07) is 11.0. The Labute approximate surface area is 146 Å². The number of carbonyl (C=O) groups is 1. The number of hydrogen-bond donors (Lipinski definition) is 1. The number of carbonyl (C=O) groups excluding carboxylic acids is 1. The average Bonchev–Trinajstić information content (AvgIpc) is 3.21. The summed E-state index contributed by atoms with van der Waals surface area (Å²) in [5, 5.41) is 2.89. The van der Waals surface area contributed by atoms with Crippen LogP contribution >= 0.6 is 0 Å². The lowest BCUT2D eigenvalue weighted by Crippen LogP contribution is -2.34. The second-order valence-corrected chi connectivity index (χ2v) is 6.59. The zero-order valence-corrected chi connectivity index (χ0v) is 14.2. The van der Waals surface area contributed by atoms with E-state index in [9.17, 15) is 4.79 Å². The van der Waals surface area contributed by atoms with Crippen molar-refractivity contribution in [2.45, 2.75) is 38.0 Å². The van der Waals surface area contributed by atoms with Crippen LogP contribution in [0.1, 0.15) is 31.4 Å². The molecule has 0 saturated heterocycles. The number of nitrogens with one attached hydrogen (secondary N) is 1. The number of ether oxygens (including phenoxy) is 2. The Hall–Kier alpha value is -2.76. The molecule has 2 aromatic rings. The fourth-order valence-electron chi connectivity index (χ4n) is 3.31. The number of rotatable bonds is 3. The molecule has 6 heteroatoms. The smallest absolute Gasteiger partial charge is 0.321 e. The van der Waals surface area contributed by atoms with E-state index in [1.807, 2.05) is 36.4 Å². The van der Waals surface area contributed by atoms with Crippen molar-refractivity contribution >= 4 is 11.7 Å². The third kappa shape index (κ3) is 3.24. The van der Waals surface area contributed by atoms with Crippen LogP contribution in [0.3, 0.4) is 0 Å². The van der Waals surface area contributed by atoms with Gasteiger partial charge in [-0.3, -0.25) is 4.98 Å². The molecule has 4 rings (SSSR count). The van der Waals surface area contributed by atoms with Gasteiger partial charge in [0.1, 0.15) is 0 Å². The standard InChI is InChI=1S/C19H21N3O3/c1-22(13-15-6-2-5-11-20-15)18(23)21-14-7-8-16-17(12-14)25-19(24-16)9-3-4-10-19/h2,5-8,11-12H,3-4,9-10,13H2,1H3,(H,21,23). The average molecular weight is 339 g/mol. The molecule has 0 atom stereocenters. The van der Waals surface area contributed by atoms with Gasteiger partial charge in [-0.15, -0.1) is 0 Å². The third-order valence-electron chi connectivity index (χ3n) is 4.62. The van der Waals surface area contributed by atoms with Gasteiger partial charge < -0.3 is 19.7 Å². The Morgan fingerprint density at radius 2 is 2.00 bits per heavy atom. The topological polar surface area (TPSA) is 63.7 Å². The lowest BCUT2D eigenvalue weighted by atomic mass is 10.2. The van der Waals surface area contributed by atoms with Crippen LogP contribution in [0, 0.1) is 0 Å². The normalized spacial score (nSPS) is 16.8. The molecule has 1 aromatic heterocycles. The number of amides is 2. The van der Waals surface area contributed by atoms with Crippen LogP contribution in [-0.4, -0.2) is 28.7 Å². The van der Waals surface area contributed by atoms with Crippen LogP contribution in [0.5, 0.6) is 11.5 Å². The number of pyridine rings is 1. The highest BCUT2D eigenvalue weighted by molar-refractivity contribution is 5.89. The van der Waals surface area contributed by atoms with Crippen molar-refractivity contribution in [2.24, 2.45) is 0 Å². The summed E-state index contributed by atoms with van der Waals surface area (Å²) in [7, 11) is 1.74. The number of hydrogen-bond acceptors (Lipinski definition) is 4. The van der Waals surface area contributed by atoms with Gasteiger partial charge in [-0.2, -0.15) is 0 Å². The highest BCUT2D eigenvalue weighted by atomic mass is 16.7. The van der Waals surface area contributed by atoms with Crippen LogP contribution in [-0.2, 0) is 6.54 Å². The van der Waals surface area contributed by atoms with Gasteiger partial charge in [-0.1, -0.05) is 6.07 Å². The fourth-order valence-corrected chi connectivity index (χ4v) is 3.31. The summed E-state index contributed by atoms with van der Waals surface area (Å²) in [5.41, 5.74) is 1.53.